The molecule has 0 saturated heterocycles. The number of nitrogens with zero attached hydrogens (tertiary/aromatic N) is 2. The molecule has 0 aliphatic rings. The number of aliphatic hydroxyl groups excluding tert-OH is 1. The van der Waals surface area contributed by atoms with Crippen LogP contribution in [-0.4, -0.2) is 27.3 Å². The third-order valence-corrected chi connectivity index (χ3v) is 3.80. The minimum absolute atomic E-state index is 0.0936. The molecule has 1 amide bonds. The Labute approximate surface area is 128 Å². The molecule has 2 N–H and O–H groups in total. The Bertz CT molecular complexity index is 667. The Morgan fingerprint density at radius 1 is 1.43 bits per heavy atom. The van der Waals surface area contributed by atoms with Crippen LogP contribution in [0.4, 0.5) is 0 Å². The number of hydrogen-bond acceptors (Lipinski definition) is 3. The summed E-state index contributed by atoms with van der Waals surface area (Å²) in [6.45, 7) is 3.71. The first-order valence-electron chi connectivity index (χ1n) is 6.62. The third kappa shape index (κ3) is 3.25. The van der Waals surface area contributed by atoms with Gasteiger partial charge in [-0.25, -0.2) is 0 Å². The fourth-order valence-corrected chi connectivity index (χ4v) is 2.50. The monoisotopic (exact) mass is 307 g/mol. The number of hydrogen-bond donors (Lipinski definition) is 2. The highest BCUT2D eigenvalue weighted by Gasteiger charge is 2.19. The van der Waals surface area contributed by atoms with Crippen LogP contribution in [-0.2, 0) is 7.05 Å². The van der Waals surface area contributed by atoms with Crippen LogP contribution in [0.25, 0.3) is 0 Å². The number of aromatic nitrogens is 2. The van der Waals surface area contributed by atoms with Crippen molar-refractivity contribution in [2.45, 2.75) is 20.0 Å². The lowest BCUT2D eigenvalue weighted by Crippen LogP contribution is -2.29. The van der Waals surface area contributed by atoms with Gasteiger partial charge in [-0.1, -0.05) is 29.8 Å². The van der Waals surface area contributed by atoms with Gasteiger partial charge in [0, 0.05) is 29.9 Å². The van der Waals surface area contributed by atoms with Gasteiger partial charge in [-0.2, -0.15) is 5.10 Å². The van der Waals surface area contributed by atoms with Crippen LogP contribution < -0.4 is 5.32 Å². The first-order chi connectivity index (χ1) is 9.91. The van der Waals surface area contributed by atoms with E-state index in [0.717, 1.165) is 5.69 Å². The summed E-state index contributed by atoms with van der Waals surface area (Å²) in [4.78, 5) is 12.2. The molecule has 6 heteroatoms. The highest BCUT2D eigenvalue weighted by Crippen LogP contribution is 2.22. The summed E-state index contributed by atoms with van der Waals surface area (Å²) < 4.78 is 1.66. The summed E-state index contributed by atoms with van der Waals surface area (Å²) in [6, 6.07) is 7.03. The summed E-state index contributed by atoms with van der Waals surface area (Å²) in [5.74, 6) is -0.246. The van der Waals surface area contributed by atoms with Crippen LogP contribution in [0.1, 0.15) is 33.4 Å². The molecule has 0 radical (unpaired) electrons. The number of halogens is 1. The minimum atomic E-state index is -0.847. The van der Waals surface area contributed by atoms with Crippen LogP contribution in [0, 0.1) is 13.8 Å². The molecule has 21 heavy (non-hydrogen) atoms. The molecule has 0 aliphatic carbocycles. The molecule has 1 atom stereocenters. The molecule has 0 spiro atoms. The van der Waals surface area contributed by atoms with E-state index in [-0.39, 0.29) is 12.5 Å². The van der Waals surface area contributed by atoms with E-state index in [1.54, 1.807) is 42.9 Å². The van der Waals surface area contributed by atoms with Gasteiger partial charge >= 0.3 is 0 Å². The number of rotatable bonds is 4. The number of amides is 1. The van der Waals surface area contributed by atoms with Gasteiger partial charge in [0.05, 0.1) is 17.4 Å². The highest BCUT2D eigenvalue weighted by atomic mass is 35.5. The predicted molar refractivity (Wildman–Crippen MR) is 81.4 cm³/mol. The van der Waals surface area contributed by atoms with Crippen LogP contribution >= 0.6 is 11.6 Å². The maximum atomic E-state index is 12.2. The van der Waals surface area contributed by atoms with Crippen LogP contribution in [0.5, 0.6) is 0 Å². The smallest absolute Gasteiger partial charge is 0.255 e. The second kappa shape index (κ2) is 6.28. The number of aryl methyl sites for hydroxylation is 2. The lowest BCUT2D eigenvalue weighted by Gasteiger charge is -2.13. The molecule has 1 unspecified atom stereocenters. The van der Waals surface area contributed by atoms with Gasteiger partial charge < -0.3 is 10.4 Å². The standard InChI is InChI=1S/C15H18ClN3O2/c1-9-14(10(2)19(3)18-9)15(21)17-8-13(20)11-6-4-5-7-12(11)16/h4-7,13,20H,8H2,1-3H3,(H,17,21). The average Bonchev–Trinajstić information content (AvgIpc) is 2.70. The van der Waals surface area contributed by atoms with E-state index in [1.165, 1.54) is 0 Å². The zero-order valence-corrected chi connectivity index (χ0v) is 13.0. The SMILES string of the molecule is Cc1nn(C)c(C)c1C(=O)NCC(O)c1ccccc1Cl. The maximum Gasteiger partial charge on any atom is 0.255 e. The lowest BCUT2D eigenvalue weighted by molar-refractivity contribution is 0.0915. The molecule has 1 heterocycles. The van der Waals surface area contributed by atoms with Gasteiger partial charge in [-0.05, 0) is 19.9 Å². The van der Waals surface area contributed by atoms with Gasteiger partial charge in [-0.3, -0.25) is 9.48 Å². The Morgan fingerprint density at radius 2 is 2.10 bits per heavy atom. The maximum absolute atomic E-state index is 12.2. The summed E-state index contributed by atoms with van der Waals surface area (Å²) in [7, 11) is 1.79. The molecule has 0 fully saturated rings. The van der Waals surface area contributed by atoms with Crippen LogP contribution in [0.2, 0.25) is 5.02 Å². The molecular formula is C15H18ClN3O2. The lowest BCUT2D eigenvalue weighted by atomic mass is 10.1. The van der Waals surface area contributed by atoms with E-state index in [0.29, 0.717) is 21.8 Å². The Hall–Kier alpha value is -1.85. The highest BCUT2D eigenvalue weighted by molar-refractivity contribution is 6.31. The molecule has 5 nitrogen and oxygen atoms in total. The molecule has 0 saturated carbocycles. The van der Waals surface area contributed by atoms with E-state index >= 15 is 0 Å². The quantitative estimate of drug-likeness (QED) is 0.909. The number of aliphatic hydroxyl groups is 1. The summed E-state index contributed by atoms with van der Waals surface area (Å²) in [5, 5.41) is 17.5. The molecule has 0 aliphatic heterocycles. The normalized spacial score (nSPS) is 12.2. The molecule has 112 valence electrons. The van der Waals surface area contributed by atoms with Crippen molar-refractivity contribution in [2.24, 2.45) is 7.05 Å². The minimum Gasteiger partial charge on any atom is -0.387 e. The van der Waals surface area contributed by atoms with E-state index < -0.39 is 6.10 Å². The number of benzene rings is 1. The molecule has 0 bridgehead atoms. The van der Waals surface area contributed by atoms with Gasteiger partial charge in [0.2, 0.25) is 0 Å². The van der Waals surface area contributed by atoms with Crippen molar-refractivity contribution in [1.29, 1.82) is 0 Å². The fourth-order valence-electron chi connectivity index (χ4n) is 2.24. The Kier molecular flexibility index (Phi) is 4.65. The number of carbonyl (C=O) groups is 1. The first-order valence-corrected chi connectivity index (χ1v) is 7.00. The van der Waals surface area contributed by atoms with Crippen molar-refractivity contribution in [1.82, 2.24) is 15.1 Å². The van der Waals surface area contributed by atoms with E-state index in [9.17, 15) is 9.90 Å². The summed E-state index contributed by atoms with van der Waals surface area (Å²) >= 11 is 6.02. The second-order valence-electron chi connectivity index (χ2n) is 4.92. The van der Waals surface area contributed by atoms with Crippen molar-refractivity contribution >= 4 is 17.5 Å². The number of nitrogens with one attached hydrogen (secondary N) is 1. The predicted octanol–water partition coefficient (Wildman–Crippen LogP) is 2.15. The van der Waals surface area contributed by atoms with Crippen molar-refractivity contribution < 1.29 is 9.90 Å². The van der Waals surface area contributed by atoms with Crippen molar-refractivity contribution in [3.8, 4) is 0 Å². The average molecular weight is 308 g/mol. The van der Waals surface area contributed by atoms with E-state index in [4.69, 9.17) is 11.6 Å². The number of carbonyl (C=O) groups excluding carboxylic acids is 1. The van der Waals surface area contributed by atoms with E-state index in [2.05, 4.69) is 10.4 Å². The zero-order valence-electron chi connectivity index (χ0n) is 12.2. The summed E-state index contributed by atoms with van der Waals surface area (Å²) in [6.07, 6.45) is -0.847. The summed E-state index contributed by atoms with van der Waals surface area (Å²) in [5.41, 5.74) is 2.60. The molecule has 2 aromatic rings. The van der Waals surface area contributed by atoms with Gasteiger partial charge in [0.25, 0.3) is 5.91 Å². The van der Waals surface area contributed by atoms with Gasteiger partial charge in [0.1, 0.15) is 0 Å². The zero-order chi connectivity index (χ0) is 15.6. The van der Waals surface area contributed by atoms with Crippen LogP contribution in [0.15, 0.2) is 24.3 Å². The Balaban J connectivity index is 2.06. The molecule has 1 aromatic carbocycles. The second-order valence-corrected chi connectivity index (χ2v) is 5.32. The van der Waals surface area contributed by atoms with Crippen molar-refractivity contribution in [3.05, 3.63) is 51.8 Å². The first kappa shape index (κ1) is 15.5. The van der Waals surface area contributed by atoms with Gasteiger partial charge in [0.15, 0.2) is 0 Å². The largest absolute Gasteiger partial charge is 0.387 e. The topological polar surface area (TPSA) is 67.2 Å². The van der Waals surface area contributed by atoms with Crippen molar-refractivity contribution in [2.75, 3.05) is 6.54 Å². The molecule has 1 aromatic heterocycles. The van der Waals surface area contributed by atoms with E-state index in [1.807, 2.05) is 6.92 Å². The molecule has 2 rings (SSSR count). The fraction of sp³-hybridized carbons (Fsp3) is 0.333. The molecular weight excluding hydrogens is 290 g/mol. The van der Waals surface area contributed by atoms with Crippen LogP contribution in [0.3, 0.4) is 0 Å². The Morgan fingerprint density at radius 3 is 2.67 bits per heavy atom. The van der Waals surface area contributed by atoms with Crippen molar-refractivity contribution in [3.63, 3.8) is 0 Å². The van der Waals surface area contributed by atoms with Gasteiger partial charge in [-0.15, -0.1) is 0 Å². The third-order valence-electron chi connectivity index (χ3n) is 3.46.